The van der Waals surface area contributed by atoms with Gasteiger partial charge >= 0.3 is 5.97 Å². The van der Waals surface area contributed by atoms with Gasteiger partial charge in [0, 0.05) is 18.7 Å². The molecule has 172 valence electrons. The largest absolute Gasteiger partial charge is 0.469 e. The number of rotatable bonds is 21. The number of amides is 1. The standard InChI is InChI=1S/C23H46N2O3S/c1-28-22(26)18-16-14-12-10-8-6-4-2-3-5-7-9-11-13-15-17-19-25-23(27)21(24)20-29/h21,29H,2-20,24H2,1H3,(H,25,27). The Balaban J connectivity index is 3.12. The minimum absolute atomic E-state index is 0.0823. The van der Waals surface area contributed by atoms with Crippen molar-refractivity contribution in [2.75, 3.05) is 19.4 Å². The minimum Gasteiger partial charge on any atom is -0.469 e. The van der Waals surface area contributed by atoms with E-state index in [2.05, 4.69) is 22.7 Å². The number of nitrogens with one attached hydrogen (secondary N) is 1. The summed E-state index contributed by atoms with van der Waals surface area (Å²) in [5, 5.41) is 2.86. The maximum atomic E-state index is 11.5. The third-order valence-electron chi connectivity index (χ3n) is 5.37. The van der Waals surface area contributed by atoms with Crippen LogP contribution in [0.15, 0.2) is 0 Å². The lowest BCUT2D eigenvalue weighted by atomic mass is 10.0. The number of esters is 1. The van der Waals surface area contributed by atoms with Crippen LogP contribution in [-0.4, -0.2) is 37.3 Å². The van der Waals surface area contributed by atoms with E-state index >= 15 is 0 Å². The van der Waals surface area contributed by atoms with E-state index in [-0.39, 0.29) is 11.9 Å². The Kier molecular flexibility index (Phi) is 21.4. The highest BCUT2D eigenvalue weighted by Gasteiger charge is 2.09. The number of unbranched alkanes of at least 4 members (excludes halogenated alkanes) is 15. The predicted octanol–water partition coefficient (Wildman–Crippen LogP) is 5.16. The lowest BCUT2D eigenvalue weighted by molar-refractivity contribution is -0.140. The predicted molar refractivity (Wildman–Crippen MR) is 125 cm³/mol. The molecule has 1 amide bonds. The zero-order valence-electron chi connectivity index (χ0n) is 18.8. The van der Waals surface area contributed by atoms with Crippen molar-refractivity contribution in [1.29, 1.82) is 0 Å². The van der Waals surface area contributed by atoms with Crippen molar-refractivity contribution in [2.45, 2.75) is 115 Å². The molecule has 0 aliphatic carbocycles. The van der Waals surface area contributed by atoms with E-state index in [1.165, 1.54) is 90.6 Å². The van der Waals surface area contributed by atoms with Gasteiger partial charge in [-0.2, -0.15) is 12.6 Å². The number of hydrogen-bond donors (Lipinski definition) is 3. The molecule has 0 radical (unpaired) electrons. The fraction of sp³-hybridized carbons (Fsp3) is 0.913. The number of carbonyl (C=O) groups is 2. The molecule has 0 saturated carbocycles. The highest BCUT2D eigenvalue weighted by atomic mass is 32.1. The van der Waals surface area contributed by atoms with Gasteiger partial charge in [0.25, 0.3) is 0 Å². The summed E-state index contributed by atoms with van der Waals surface area (Å²) in [6.45, 7) is 0.730. The molecule has 0 aliphatic heterocycles. The van der Waals surface area contributed by atoms with E-state index in [1.54, 1.807) is 0 Å². The van der Waals surface area contributed by atoms with Gasteiger partial charge in [0.15, 0.2) is 0 Å². The molecule has 0 aliphatic rings. The van der Waals surface area contributed by atoms with Crippen molar-refractivity contribution in [1.82, 2.24) is 5.32 Å². The van der Waals surface area contributed by atoms with Crippen LogP contribution in [0.25, 0.3) is 0 Å². The molecular weight excluding hydrogens is 384 g/mol. The van der Waals surface area contributed by atoms with Crippen LogP contribution in [0.4, 0.5) is 0 Å². The molecule has 0 spiro atoms. The van der Waals surface area contributed by atoms with Gasteiger partial charge < -0.3 is 15.8 Å². The first kappa shape index (κ1) is 28.2. The van der Waals surface area contributed by atoms with Gasteiger partial charge in [-0.3, -0.25) is 9.59 Å². The summed E-state index contributed by atoms with van der Waals surface area (Å²) >= 11 is 4.03. The topological polar surface area (TPSA) is 81.4 Å². The second-order valence-corrected chi connectivity index (χ2v) is 8.43. The van der Waals surface area contributed by atoms with Gasteiger partial charge in [-0.05, 0) is 12.8 Å². The van der Waals surface area contributed by atoms with Crippen LogP contribution in [0.1, 0.15) is 109 Å². The van der Waals surface area contributed by atoms with Gasteiger partial charge in [0.1, 0.15) is 0 Å². The van der Waals surface area contributed by atoms with Crippen LogP contribution in [-0.2, 0) is 14.3 Å². The summed E-state index contributed by atoms with van der Waals surface area (Å²) in [6, 6.07) is -0.484. The lowest BCUT2D eigenvalue weighted by Gasteiger charge is -2.09. The van der Waals surface area contributed by atoms with Gasteiger partial charge in [-0.1, -0.05) is 89.9 Å². The molecule has 29 heavy (non-hydrogen) atoms. The Morgan fingerprint density at radius 2 is 1.14 bits per heavy atom. The average molecular weight is 431 g/mol. The van der Waals surface area contributed by atoms with Crippen molar-refractivity contribution in [2.24, 2.45) is 5.73 Å². The number of hydrogen-bond acceptors (Lipinski definition) is 5. The van der Waals surface area contributed by atoms with Crippen molar-refractivity contribution in [3.05, 3.63) is 0 Å². The van der Waals surface area contributed by atoms with Crippen molar-refractivity contribution < 1.29 is 14.3 Å². The minimum atomic E-state index is -0.484. The molecule has 0 aromatic carbocycles. The number of methoxy groups -OCH3 is 1. The maximum absolute atomic E-state index is 11.5. The summed E-state index contributed by atoms with van der Waals surface area (Å²) in [4.78, 5) is 22.5. The average Bonchev–Trinajstić information content (AvgIpc) is 2.74. The highest BCUT2D eigenvalue weighted by Crippen LogP contribution is 2.14. The first-order chi connectivity index (χ1) is 14.1. The van der Waals surface area contributed by atoms with Crippen LogP contribution >= 0.6 is 12.6 Å². The molecule has 3 N–H and O–H groups in total. The molecule has 1 atom stereocenters. The Morgan fingerprint density at radius 1 is 0.759 bits per heavy atom. The monoisotopic (exact) mass is 430 g/mol. The SMILES string of the molecule is COC(=O)CCCCCCCCCCCCCCCCCCNC(=O)C(N)CS. The van der Waals surface area contributed by atoms with Crippen LogP contribution in [0.2, 0.25) is 0 Å². The van der Waals surface area contributed by atoms with Gasteiger partial charge in [-0.15, -0.1) is 0 Å². The second-order valence-electron chi connectivity index (χ2n) is 8.06. The van der Waals surface area contributed by atoms with Crippen LogP contribution in [0, 0.1) is 0 Å². The molecule has 6 heteroatoms. The number of thiol groups is 1. The first-order valence-corrected chi connectivity index (χ1v) is 12.5. The van der Waals surface area contributed by atoms with E-state index in [4.69, 9.17) is 5.73 Å². The van der Waals surface area contributed by atoms with Crippen molar-refractivity contribution >= 4 is 24.5 Å². The number of nitrogens with two attached hydrogens (primary N) is 1. The second kappa shape index (κ2) is 21.9. The summed E-state index contributed by atoms with van der Waals surface area (Å²) in [6.07, 6.45) is 20.9. The molecule has 0 bridgehead atoms. The third-order valence-corrected chi connectivity index (χ3v) is 5.76. The van der Waals surface area contributed by atoms with Crippen LogP contribution < -0.4 is 11.1 Å². The zero-order valence-corrected chi connectivity index (χ0v) is 19.7. The Bertz CT molecular complexity index is 394. The van der Waals surface area contributed by atoms with E-state index in [1.807, 2.05) is 0 Å². The molecule has 1 unspecified atom stereocenters. The molecule has 0 aromatic rings. The van der Waals surface area contributed by atoms with Crippen LogP contribution in [0.3, 0.4) is 0 Å². The highest BCUT2D eigenvalue weighted by molar-refractivity contribution is 7.80. The number of carbonyl (C=O) groups excluding carboxylic acids is 2. The van der Waals surface area contributed by atoms with E-state index < -0.39 is 6.04 Å². The van der Waals surface area contributed by atoms with Gasteiger partial charge in [0.2, 0.25) is 5.91 Å². The van der Waals surface area contributed by atoms with Gasteiger partial charge in [0.05, 0.1) is 13.2 Å². The lowest BCUT2D eigenvalue weighted by Crippen LogP contribution is -2.42. The normalized spacial score (nSPS) is 12.0. The van der Waals surface area contributed by atoms with E-state index in [0.717, 1.165) is 25.8 Å². The smallest absolute Gasteiger partial charge is 0.305 e. The summed E-state index contributed by atoms with van der Waals surface area (Å²) < 4.78 is 4.64. The molecule has 0 saturated heterocycles. The third kappa shape index (κ3) is 20.3. The van der Waals surface area contributed by atoms with E-state index in [0.29, 0.717) is 12.2 Å². The van der Waals surface area contributed by atoms with Crippen molar-refractivity contribution in [3.63, 3.8) is 0 Å². The Labute approximate surface area is 184 Å². The molecular formula is C23H46N2O3S. The molecule has 0 aromatic heterocycles. The Hall–Kier alpha value is -0.750. The fourth-order valence-corrected chi connectivity index (χ4v) is 3.56. The first-order valence-electron chi connectivity index (χ1n) is 11.8. The summed E-state index contributed by atoms with van der Waals surface area (Å²) in [5.74, 6) is 0.225. The quantitative estimate of drug-likeness (QED) is 0.133. The molecule has 0 fully saturated rings. The zero-order chi connectivity index (χ0) is 21.6. The number of ether oxygens (including phenoxy) is 1. The maximum Gasteiger partial charge on any atom is 0.305 e. The summed E-state index contributed by atoms with van der Waals surface area (Å²) in [5.41, 5.74) is 5.60. The fourth-order valence-electron chi connectivity index (χ4n) is 3.40. The Morgan fingerprint density at radius 3 is 1.52 bits per heavy atom. The van der Waals surface area contributed by atoms with Crippen LogP contribution in [0.5, 0.6) is 0 Å². The van der Waals surface area contributed by atoms with Gasteiger partial charge in [-0.25, -0.2) is 0 Å². The van der Waals surface area contributed by atoms with E-state index in [9.17, 15) is 9.59 Å². The molecule has 5 nitrogen and oxygen atoms in total. The molecule has 0 heterocycles. The molecule has 0 rings (SSSR count). The summed E-state index contributed by atoms with van der Waals surface area (Å²) in [7, 11) is 1.46. The van der Waals surface area contributed by atoms with Crippen molar-refractivity contribution in [3.8, 4) is 0 Å².